The zero-order chi connectivity index (χ0) is 23.3. The smallest absolute Gasteiger partial charge is 0.266 e. The number of benzene rings is 3. The van der Waals surface area contributed by atoms with E-state index in [4.69, 9.17) is 16.3 Å². The van der Waals surface area contributed by atoms with E-state index in [1.54, 1.807) is 6.08 Å². The second-order valence-corrected chi connectivity index (χ2v) is 9.54. The van der Waals surface area contributed by atoms with Crippen LogP contribution in [-0.4, -0.2) is 5.91 Å². The number of nitriles is 1. The number of rotatable bonds is 6. The number of carbonyl (C=O) groups excluding carboxylic acids is 1. The van der Waals surface area contributed by atoms with Crippen LogP contribution in [-0.2, 0) is 11.4 Å². The Balaban J connectivity index is 1.78. The molecule has 0 bridgehead atoms. The van der Waals surface area contributed by atoms with Gasteiger partial charge in [0.2, 0.25) is 0 Å². The van der Waals surface area contributed by atoms with Crippen LogP contribution in [0.5, 0.6) is 5.75 Å². The molecule has 0 saturated carbocycles. The molecule has 32 heavy (non-hydrogen) atoms. The van der Waals surface area contributed by atoms with Crippen LogP contribution in [0.25, 0.3) is 6.08 Å². The molecule has 0 fully saturated rings. The van der Waals surface area contributed by atoms with Crippen molar-refractivity contribution in [1.82, 2.24) is 0 Å². The molecular formula is C25H19BrClIN2O2. The minimum absolute atomic E-state index is 0.00987. The van der Waals surface area contributed by atoms with E-state index in [0.29, 0.717) is 28.6 Å². The number of nitrogens with one attached hydrogen (secondary N) is 1. The Hall–Kier alpha value is -2.34. The zero-order valence-electron chi connectivity index (χ0n) is 17.4. The minimum atomic E-state index is -0.457. The molecule has 0 atom stereocenters. The van der Waals surface area contributed by atoms with E-state index in [0.717, 1.165) is 24.7 Å². The van der Waals surface area contributed by atoms with Crippen molar-refractivity contribution in [3.05, 3.63) is 95.5 Å². The van der Waals surface area contributed by atoms with Crippen molar-refractivity contribution >= 4 is 67.8 Å². The Labute approximate surface area is 214 Å². The number of nitrogens with zero attached hydrogens (tertiary/aromatic N) is 1. The van der Waals surface area contributed by atoms with Crippen molar-refractivity contribution in [1.29, 1.82) is 5.26 Å². The van der Waals surface area contributed by atoms with Gasteiger partial charge < -0.3 is 10.1 Å². The van der Waals surface area contributed by atoms with Gasteiger partial charge in [0.25, 0.3) is 5.91 Å². The van der Waals surface area contributed by atoms with Gasteiger partial charge in [-0.05, 0) is 105 Å². The number of halogens is 3. The maximum atomic E-state index is 12.6. The Morgan fingerprint density at radius 3 is 2.59 bits per heavy atom. The lowest BCUT2D eigenvalue weighted by Gasteiger charge is -2.12. The van der Waals surface area contributed by atoms with Crippen LogP contribution in [0.3, 0.4) is 0 Å². The van der Waals surface area contributed by atoms with Crippen LogP contribution >= 0.6 is 50.1 Å². The molecule has 0 spiro atoms. The van der Waals surface area contributed by atoms with Gasteiger partial charge in [-0.3, -0.25) is 4.79 Å². The molecule has 0 aliphatic carbocycles. The number of anilines is 1. The Kier molecular flexibility index (Phi) is 8.35. The van der Waals surface area contributed by atoms with E-state index in [1.807, 2.05) is 74.5 Å². The number of amides is 1. The molecule has 3 aromatic rings. The largest absolute Gasteiger partial charge is 0.487 e. The fourth-order valence-corrected chi connectivity index (χ4v) is 4.86. The van der Waals surface area contributed by atoms with Gasteiger partial charge in [0.15, 0.2) is 0 Å². The average molecular weight is 622 g/mol. The molecule has 7 heteroatoms. The summed E-state index contributed by atoms with van der Waals surface area (Å²) in [4.78, 5) is 12.6. The number of hydrogen-bond donors (Lipinski definition) is 1. The van der Waals surface area contributed by atoms with Crippen molar-refractivity contribution in [2.75, 3.05) is 5.32 Å². The fourth-order valence-electron chi connectivity index (χ4n) is 2.90. The van der Waals surface area contributed by atoms with E-state index < -0.39 is 5.91 Å². The molecule has 0 unspecified atom stereocenters. The SMILES string of the molecule is Cc1ccc(NC(=O)/C(C#N)=C/c2cc(Br)c(OCc3ccccc3Cl)c(I)c2)cc1C. The third-order valence-electron chi connectivity index (χ3n) is 4.79. The van der Waals surface area contributed by atoms with Gasteiger partial charge >= 0.3 is 0 Å². The average Bonchev–Trinajstić information content (AvgIpc) is 2.75. The lowest BCUT2D eigenvalue weighted by Crippen LogP contribution is -2.13. The van der Waals surface area contributed by atoms with Gasteiger partial charge in [-0.1, -0.05) is 35.9 Å². The maximum absolute atomic E-state index is 12.6. The molecule has 162 valence electrons. The molecule has 1 N–H and O–H groups in total. The molecule has 0 radical (unpaired) electrons. The molecule has 1 amide bonds. The van der Waals surface area contributed by atoms with Gasteiger partial charge in [-0.2, -0.15) is 5.26 Å². The number of hydrogen-bond acceptors (Lipinski definition) is 3. The van der Waals surface area contributed by atoms with E-state index in [2.05, 4.69) is 43.8 Å². The monoisotopic (exact) mass is 620 g/mol. The third-order valence-corrected chi connectivity index (χ3v) is 6.55. The van der Waals surface area contributed by atoms with Crippen molar-refractivity contribution in [2.45, 2.75) is 20.5 Å². The van der Waals surface area contributed by atoms with E-state index in [1.165, 1.54) is 0 Å². The molecule has 4 nitrogen and oxygen atoms in total. The first kappa shape index (κ1) is 24.3. The number of carbonyl (C=O) groups is 1. The predicted molar refractivity (Wildman–Crippen MR) is 141 cm³/mol. The maximum Gasteiger partial charge on any atom is 0.266 e. The summed E-state index contributed by atoms with van der Waals surface area (Å²) in [5.74, 6) is 0.210. The summed E-state index contributed by atoms with van der Waals surface area (Å²) < 4.78 is 7.52. The highest BCUT2D eigenvalue weighted by atomic mass is 127. The molecule has 0 aliphatic heterocycles. The summed E-state index contributed by atoms with van der Waals surface area (Å²) in [5.41, 5.74) is 4.45. The van der Waals surface area contributed by atoms with Crippen LogP contribution in [0.4, 0.5) is 5.69 Å². The molecule has 3 aromatic carbocycles. The second kappa shape index (κ2) is 11.0. The van der Waals surface area contributed by atoms with Crippen LogP contribution in [0.15, 0.2) is 64.6 Å². The molecule has 0 saturated heterocycles. The quantitative estimate of drug-likeness (QED) is 0.177. The normalized spacial score (nSPS) is 11.1. The first-order chi connectivity index (χ1) is 15.3. The summed E-state index contributed by atoms with van der Waals surface area (Å²) in [6.45, 7) is 4.30. The van der Waals surface area contributed by atoms with Crippen LogP contribution in [0.2, 0.25) is 5.02 Å². The molecular weight excluding hydrogens is 603 g/mol. The van der Waals surface area contributed by atoms with E-state index in [9.17, 15) is 10.1 Å². The lowest BCUT2D eigenvalue weighted by atomic mass is 10.1. The highest BCUT2D eigenvalue weighted by Crippen LogP contribution is 2.34. The fraction of sp³-hybridized carbons (Fsp3) is 0.120. The van der Waals surface area contributed by atoms with Gasteiger partial charge in [-0.25, -0.2) is 0 Å². The van der Waals surface area contributed by atoms with E-state index in [-0.39, 0.29) is 5.57 Å². The minimum Gasteiger partial charge on any atom is -0.487 e. The van der Waals surface area contributed by atoms with Crippen molar-refractivity contribution in [3.8, 4) is 11.8 Å². The van der Waals surface area contributed by atoms with Crippen LogP contribution in [0.1, 0.15) is 22.3 Å². The summed E-state index contributed by atoms with van der Waals surface area (Å²) in [5, 5.41) is 13.0. The topological polar surface area (TPSA) is 62.1 Å². The van der Waals surface area contributed by atoms with Gasteiger partial charge in [0.1, 0.15) is 24.0 Å². The van der Waals surface area contributed by atoms with Crippen LogP contribution < -0.4 is 10.1 Å². The van der Waals surface area contributed by atoms with Gasteiger partial charge in [0.05, 0.1) is 8.04 Å². The van der Waals surface area contributed by atoms with Crippen molar-refractivity contribution in [3.63, 3.8) is 0 Å². The van der Waals surface area contributed by atoms with Gasteiger partial charge in [-0.15, -0.1) is 0 Å². The summed E-state index contributed by atoms with van der Waals surface area (Å²) in [6.07, 6.45) is 1.56. The number of aryl methyl sites for hydroxylation is 2. The summed E-state index contributed by atoms with van der Waals surface area (Å²) in [7, 11) is 0. The first-order valence-corrected chi connectivity index (χ1v) is 11.9. The van der Waals surface area contributed by atoms with Crippen molar-refractivity contribution in [2.24, 2.45) is 0 Å². The molecule has 0 aliphatic rings. The van der Waals surface area contributed by atoms with E-state index >= 15 is 0 Å². The third kappa shape index (κ3) is 6.12. The predicted octanol–water partition coefficient (Wildman–Crippen LogP) is 7.45. The molecule has 0 heterocycles. The lowest BCUT2D eigenvalue weighted by molar-refractivity contribution is -0.112. The number of ether oxygens (including phenoxy) is 1. The Bertz CT molecular complexity index is 1230. The zero-order valence-corrected chi connectivity index (χ0v) is 21.9. The highest BCUT2D eigenvalue weighted by Gasteiger charge is 2.13. The second-order valence-electron chi connectivity index (χ2n) is 7.12. The Morgan fingerprint density at radius 1 is 1.19 bits per heavy atom. The summed E-state index contributed by atoms with van der Waals surface area (Å²) >= 11 is 11.9. The van der Waals surface area contributed by atoms with Crippen molar-refractivity contribution < 1.29 is 9.53 Å². The Morgan fingerprint density at radius 2 is 1.94 bits per heavy atom. The van der Waals surface area contributed by atoms with Gasteiger partial charge in [0, 0.05) is 16.3 Å². The molecule has 3 rings (SSSR count). The molecule has 0 aromatic heterocycles. The summed E-state index contributed by atoms with van der Waals surface area (Å²) in [6, 6.07) is 18.8. The first-order valence-electron chi connectivity index (χ1n) is 9.64. The highest BCUT2D eigenvalue weighted by molar-refractivity contribution is 14.1. The van der Waals surface area contributed by atoms with Crippen LogP contribution in [0, 0.1) is 28.7 Å². The standard InChI is InChI=1S/C25H19BrClIN2O2/c1-15-7-8-20(9-16(15)2)30-25(31)19(13-29)10-17-11-21(26)24(23(28)12-17)32-14-18-5-3-4-6-22(18)27/h3-12H,14H2,1-2H3,(H,30,31)/b19-10+.